The van der Waals surface area contributed by atoms with Gasteiger partial charge in [0.05, 0.1) is 28.2 Å². The summed E-state index contributed by atoms with van der Waals surface area (Å²) in [6, 6.07) is 0.645. The molecule has 1 saturated heterocycles. The number of hydrogen-bond acceptors (Lipinski definition) is 4. The van der Waals surface area contributed by atoms with Crippen LogP contribution < -0.4 is 10.1 Å². The number of alkyl halides is 6. The van der Waals surface area contributed by atoms with Crippen molar-refractivity contribution in [1.82, 2.24) is 5.32 Å². The molecule has 152 valence electrons. The number of nitrogens with one attached hydrogen (secondary N) is 1. The number of carbonyl (C=O) groups excluding carboxylic acids is 1. The third-order valence-corrected chi connectivity index (χ3v) is 5.78. The molecule has 0 aliphatic carbocycles. The minimum atomic E-state index is -5.03. The van der Waals surface area contributed by atoms with Crippen LogP contribution in [-0.4, -0.2) is 38.0 Å². The highest BCUT2D eigenvalue weighted by Crippen LogP contribution is 2.38. The Kier molecular flexibility index (Phi) is 5.43. The van der Waals surface area contributed by atoms with Crippen molar-refractivity contribution in [2.75, 3.05) is 18.1 Å². The molecule has 1 amide bonds. The van der Waals surface area contributed by atoms with Gasteiger partial charge in [0, 0.05) is 0 Å². The van der Waals surface area contributed by atoms with E-state index in [1.807, 2.05) is 0 Å². The largest absolute Gasteiger partial charge is 0.484 e. The summed E-state index contributed by atoms with van der Waals surface area (Å²) < 4.78 is 104. The van der Waals surface area contributed by atoms with Crippen LogP contribution in [0, 0.1) is 0 Å². The second kappa shape index (κ2) is 6.88. The van der Waals surface area contributed by atoms with Gasteiger partial charge >= 0.3 is 12.4 Å². The van der Waals surface area contributed by atoms with Crippen molar-refractivity contribution in [1.29, 1.82) is 0 Å². The molecule has 0 saturated carbocycles. The third-order valence-electron chi connectivity index (χ3n) is 3.88. The Bertz CT molecular complexity index is 801. The molecule has 5 nitrogen and oxygen atoms in total. The lowest BCUT2D eigenvalue weighted by Crippen LogP contribution is -2.48. The molecule has 1 aromatic carbocycles. The van der Waals surface area contributed by atoms with Crippen LogP contribution >= 0.6 is 0 Å². The number of benzene rings is 1. The first-order chi connectivity index (χ1) is 12.1. The molecule has 1 fully saturated rings. The first-order valence-electron chi connectivity index (χ1n) is 7.53. The van der Waals surface area contributed by atoms with E-state index >= 15 is 0 Å². The van der Waals surface area contributed by atoms with E-state index in [0.29, 0.717) is 12.1 Å². The van der Waals surface area contributed by atoms with E-state index in [0.717, 1.165) is 0 Å². The third kappa shape index (κ3) is 5.75. The quantitative estimate of drug-likeness (QED) is 0.762. The molecule has 0 aromatic heterocycles. The summed E-state index contributed by atoms with van der Waals surface area (Å²) in [5.41, 5.74) is -4.20. The molecule has 1 aliphatic heterocycles. The summed E-state index contributed by atoms with van der Waals surface area (Å²) >= 11 is 0. The predicted molar refractivity (Wildman–Crippen MR) is 81.8 cm³/mol. The maximum Gasteiger partial charge on any atom is 0.416 e. The average Bonchev–Trinajstić information content (AvgIpc) is 2.76. The smallest absolute Gasteiger partial charge is 0.416 e. The molecule has 27 heavy (non-hydrogen) atoms. The van der Waals surface area contributed by atoms with Gasteiger partial charge in [0.25, 0.3) is 5.91 Å². The molecule has 1 atom stereocenters. The average molecular weight is 419 g/mol. The highest BCUT2D eigenvalue weighted by molar-refractivity contribution is 7.91. The van der Waals surface area contributed by atoms with E-state index in [9.17, 15) is 39.6 Å². The fourth-order valence-electron chi connectivity index (χ4n) is 2.64. The van der Waals surface area contributed by atoms with Crippen molar-refractivity contribution in [3.05, 3.63) is 29.3 Å². The molecule has 0 spiro atoms. The summed E-state index contributed by atoms with van der Waals surface area (Å²) in [5.74, 6) is -2.09. The zero-order chi connectivity index (χ0) is 20.7. The number of ether oxygens (including phenoxy) is 1. The van der Waals surface area contributed by atoms with Crippen molar-refractivity contribution < 1.29 is 44.3 Å². The van der Waals surface area contributed by atoms with Gasteiger partial charge in [-0.1, -0.05) is 0 Å². The van der Waals surface area contributed by atoms with Crippen LogP contribution in [0.25, 0.3) is 0 Å². The first kappa shape index (κ1) is 21.3. The standard InChI is InChI=1S/C15H15F6NO4S/c1-13(2-3-27(24,25)8-13)22-12(23)7-26-11-5-9(14(16,17)18)4-10(6-11)15(19,20)21/h4-6H,2-3,7-8H2,1H3,(H,22,23). The molecule has 1 heterocycles. The van der Waals surface area contributed by atoms with Gasteiger partial charge in [-0.05, 0) is 31.5 Å². The Morgan fingerprint density at radius 2 is 1.63 bits per heavy atom. The summed E-state index contributed by atoms with van der Waals surface area (Å²) in [6.07, 6.45) is -9.93. The molecule has 1 unspecified atom stereocenters. The van der Waals surface area contributed by atoms with Gasteiger partial charge in [-0.25, -0.2) is 8.42 Å². The van der Waals surface area contributed by atoms with Crippen LogP contribution in [0.4, 0.5) is 26.3 Å². The normalized spacial score (nSPS) is 22.5. The van der Waals surface area contributed by atoms with Crippen molar-refractivity contribution in [2.24, 2.45) is 0 Å². The van der Waals surface area contributed by atoms with Crippen LogP contribution in [0.1, 0.15) is 24.5 Å². The molecule has 0 radical (unpaired) electrons. The number of halogens is 6. The predicted octanol–water partition coefficient (Wildman–Crippen LogP) is 2.80. The number of sulfone groups is 1. The Hall–Kier alpha value is -1.98. The van der Waals surface area contributed by atoms with Gasteiger partial charge in [-0.3, -0.25) is 4.79 Å². The SMILES string of the molecule is CC1(NC(=O)COc2cc(C(F)(F)F)cc(C(F)(F)F)c2)CCS(=O)(=O)C1. The Morgan fingerprint density at radius 1 is 1.11 bits per heavy atom. The summed E-state index contributed by atoms with van der Waals surface area (Å²) in [6.45, 7) is 0.607. The van der Waals surface area contributed by atoms with Crippen LogP contribution in [-0.2, 0) is 27.0 Å². The maximum absolute atomic E-state index is 12.8. The van der Waals surface area contributed by atoms with Gasteiger partial charge in [0.1, 0.15) is 5.75 Å². The van der Waals surface area contributed by atoms with Crippen LogP contribution in [0.2, 0.25) is 0 Å². The molecular weight excluding hydrogens is 404 g/mol. The topological polar surface area (TPSA) is 72.5 Å². The monoisotopic (exact) mass is 419 g/mol. The van der Waals surface area contributed by atoms with Crippen LogP contribution in [0.15, 0.2) is 18.2 Å². The number of amides is 1. The van der Waals surface area contributed by atoms with Crippen LogP contribution in [0.5, 0.6) is 5.75 Å². The van der Waals surface area contributed by atoms with Gasteiger partial charge in [0.15, 0.2) is 16.4 Å². The molecular formula is C15H15F6NO4S. The van der Waals surface area contributed by atoms with Crippen molar-refractivity contribution in [2.45, 2.75) is 31.2 Å². The van der Waals surface area contributed by atoms with Crippen LogP contribution in [0.3, 0.4) is 0 Å². The molecule has 12 heteroatoms. The van der Waals surface area contributed by atoms with Gasteiger partial charge < -0.3 is 10.1 Å². The maximum atomic E-state index is 12.8. The number of carbonyl (C=O) groups is 1. The number of rotatable bonds is 4. The highest BCUT2D eigenvalue weighted by atomic mass is 32.2. The first-order valence-corrected chi connectivity index (χ1v) is 9.36. The van der Waals surface area contributed by atoms with Gasteiger partial charge in [-0.2, -0.15) is 26.3 Å². The lowest BCUT2D eigenvalue weighted by atomic mass is 10.0. The minimum absolute atomic E-state index is 0.0582. The van der Waals surface area contributed by atoms with E-state index in [4.69, 9.17) is 4.74 Å². The summed E-state index contributed by atoms with van der Waals surface area (Å²) in [4.78, 5) is 11.9. The molecule has 2 rings (SSSR count). The lowest BCUT2D eigenvalue weighted by molar-refractivity contribution is -0.143. The van der Waals surface area contributed by atoms with Crippen molar-refractivity contribution >= 4 is 15.7 Å². The Labute approximate surface area is 150 Å². The molecule has 1 N–H and O–H groups in total. The second-order valence-electron chi connectivity index (χ2n) is 6.48. The number of hydrogen-bond donors (Lipinski definition) is 1. The Balaban J connectivity index is 2.12. The Morgan fingerprint density at radius 3 is 2.04 bits per heavy atom. The molecule has 1 aliphatic rings. The zero-order valence-electron chi connectivity index (χ0n) is 13.9. The lowest BCUT2D eigenvalue weighted by Gasteiger charge is -2.24. The minimum Gasteiger partial charge on any atom is -0.484 e. The van der Waals surface area contributed by atoms with Crippen molar-refractivity contribution in [3.8, 4) is 5.75 Å². The molecule has 0 bridgehead atoms. The van der Waals surface area contributed by atoms with Crippen molar-refractivity contribution in [3.63, 3.8) is 0 Å². The zero-order valence-corrected chi connectivity index (χ0v) is 14.7. The fraction of sp³-hybridized carbons (Fsp3) is 0.533. The van der Waals surface area contributed by atoms with E-state index in [1.54, 1.807) is 0 Å². The summed E-state index contributed by atoms with van der Waals surface area (Å²) in [5, 5.41) is 2.38. The highest BCUT2D eigenvalue weighted by Gasteiger charge is 2.40. The second-order valence-corrected chi connectivity index (χ2v) is 8.67. The van der Waals surface area contributed by atoms with E-state index in [-0.39, 0.29) is 24.0 Å². The van der Waals surface area contributed by atoms with Gasteiger partial charge in [-0.15, -0.1) is 0 Å². The van der Waals surface area contributed by atoms with Gasteiger partial charge in [0.2, 0.25) is 0 Å². The van der Waals surface area contributed by atoms with E-state index in [1.165, 1.54) is 6.92 Å². The van der Waals surface area contributed by atoms with E-state index in [2.05, 4.69) is 5.32 Å². The fourth-order valence-corrected chi connectivity index (χ4v) is 4.73. The molecule has 1 aromatic rings. The van der Waals surface area contributed by atoms with E-state index < -0.39 is 57.1 Å². The summed E-state index contributed by atoms with van der Waals surface area (Å²) in [7, 11) is -3.32.